The number of hydrogen-bond acceptors (Lipinski definition) is 4. The molecule has 6 nitrogen and oxygen atoms in total. The van der Waals surface area contributed by atoms with Crippen molar-refractivity contribution in [2.45, 2.75) is 45.8 Å². The Morgan fingerprint density at radius 2 is 2.30 bits per heavy atom. The lowest BCUT2D eigenvalue weighted by Gasteiger charge is -2.24. The minimum Gasteiger partial charge on any atom is -0.478 e. The molecule has 0 saturated carbocycles. The van der Waals surface area contributed by atoms with Gasteiger partial charge in [-0.25, -0.2) is 9.98 Å². The predicted molar refractivity (Wildman–Crippen MR) is 91.8 cm³/mol. The van der Waals surface area contributed by atoms with Crippen LogP contribution >= 0.6 is 0 Å². The van der Waals surface area contributed by atoms with Gasteiger partial charge >= 0.3 is 0 Å². The highest BCUT2D eigenvalue weighted by molar-refractivity contribution is 5.79. The van der Waals surface area contributed by atoms with E-state index in [0.29, 0.717) is 19.0 Å². The molecule has 23 heavy (non-hydrogen) atoms. The highest BCUT2D eigenvalue weighted by Gasteiger charge is 2.29. The van der Waals surface area contributed by atoms with Gasteiger partial charge in [-0.2, -0.15) is 0 Å². The number of ether oxygens (including phenoxy) is 2. The van der Waals surface area contributed by atoms with E-state index < -0.39 is 0 Å². The first-order valence-corrected chi connectivity index (χ1v) is 8.39. The lowest BCUT2D eigenvalue weighted by Crippen LogP contribution is -2.45. The van der Waals surface area contributed by atoms with Crippen LogP contribution in [0.25, 0.3) is 0 Å². The molecule has 0 aliphatic carbocycles. The summed E-state index contributed by atoms with van der Waals surface area (Å²) in [7, 11) is 0. The van der Waals surface area contributed by atoms with Crippen molar-refractivity contribution in [1.29, 1.82) is 0 Å². The summed E-state index contributed by atoms with van der Waals surface area (Å²) in [5.41, 5.74) is 0.885. The molecule has 1 atom stereocenters. The first-order chi connectivity index (χ1) is 11.2. The molecule has 0 amide bonds. The molecule has 128 valence electrons. The number of rotatable bonds is 7. The molecule has 1 aromatic rings. The van der Waals surface area contributed by atoms with Crippen molar-refractivity contribution in [3.8, 4) is 5.88 Å². The van der Waals surface area contributed by atoms with E-state index >= 15 is 0 Å². The molecule has 1 unspecified atom stereocenters. The molecule has 2 heterocycles. The number of pyridine rings is 1. The maximum Gasteiger partial charge on any atom is 0.218 e. The van der Waals surface area contributed by atoms with Crippen molar-refractivity contribution >= 4 is 5.96 Å². The molecule has 2 N–H and O–H groups in total. The van der Waals surface area contributed by atoms with E-state index in [9.17, 15) is 0 Å². The fourth-order valence-corrected chi connectivity index (χ4v) is 2.56. The topological polar surface area (TPSA) is 67.8 Å². The van der Waals surface area contributed by atoms with Crippen LogP contribution in [0.15, 0.2) is 23.3 Å². The average molecular weight is 320 g/mol. The SMILES string of the molecule is CCNC(=NCc1cccnc1OCC)NCC1(C)CCCO1. The van der Waals surface area contributed by atoms with E-state index in [1.54, 1.807) is 6.20 Å². The minimum absolute atomic E-state index is 0.0963. The number of hydrogen-bond donors (Lipinski definition) is 2. The molecule has 1 saturated heterocycles. The quantitative estimate of drug-likeness (QED) is 0.595. The second-order valence-electron chi connectivity index (χ2n) is 5.85. The number of aromatic nitrogens is 1. The van der Waals surface area contributed by atoms with Gasteiger partial charge in [0.2, 0.25) is 5.88 Å². The van der Waals surface area contributed by atoms with Gasteiger partial charge in [0.1, 0.15) is 0 Å². The molecular weight excluding hydrogens is 292 g/mol. The summed E-state index contributed by atoms with van der Waals surface area (Å²) in [5.74, 6) is 1.44. The van der Waals surface area contributed by atoms with Crippen molar-refractivity contribution in [3.05, 3.63) is 23.9 Å². The Morgan fingerprint density at radius 1 is 1.43 bits per heavy atom. The normalized spacial score (nSPS) is 21.3. The van der Waals surface area contributed by atoms with E-state index in [2.05, 4.69) is 34.5 Å². The van der Waals surface area contributed by atoms with Crippen LogP contribution in [0.2, 0.25) is 0 Å². The molecular formula is C17H28N4O2. The van der Waals surface area contributed by atoms with Gasteiger partial charge in [-0.1, -0.05) is 6.07 Å². The lowest BCUT2D eigenvalue weighted by molar-refractivity contribution is 0.0243. The third-order valence-electron chi connectivity index (χ3n) is 3.81. The van der Waals surface area contributed by atoms with Crippen LogP contribution in [-0.2, 0) is 11.3 Å². The third kappa shape index (κ3) is 5.39. The van der Waals surface area contributed by atoms with Gasteiger partial charge in [-0.15, -0.1) is 0 Å². The molecule has 1 aliphatic heterocycles. The molecule has 1 aromatic heterocycles. The number of nitrogens with zero attached hydrogens (tertiary/aromatic N) is 2. The monoisotopic (exact) mass is 320 g/mol. The second kappa shape index (κ2) is 8.72. The van der Waals surface area contributed by atoms with Gasteiger partial charge in [0, 0.05) is 31.5 Å². The average Bonchev–Trinajstić information content (AvgIpc) is 2.99. The van der Waals surface area contributed by atoms with E-state index in [1.807, 2.05) is 19.1 Å². The van der Waals surface area contributed by atoms with Crippen molar-refractivity contribution in [2.75, 3.05) is 26.3 Å². The smallest absolute Gasteiger partial charge is 0.218 e. The van der Waals surface area contributed by atoms with Crippen molar-refractivity contribution in [3.63, 3.8) is 0 Å². The Morgan fingerprint density at radius 3 is 3.00 bits per heavy atom. The zero-order valence-corrected chi connectivity index (χ0v) is 14.4. The summed E-state index contributed by atoms with van der Waals surface area (Å²) in [6, 6.07) is 3.90. The highest BCUT2D eigenvalue weighted by atomic mass is 16.5. The van der Waals surface area contributed by atoms with Crippen molar-refractivity contribution in [1.82, 2.24) is 15.6 Å². The summed E-state index contributed by atoms with van der Waals surface area (Å²) in [4.78, 5) is 8.90. The molecule has 0 radical (unpaired) electrons. The van der Waals surface area contributed by atoms with Crippen LogP contribution < -0.4 is 15.4 Å². The number of aliphatic imine (C=N–C) groups is 1. The largest absolute Gasteiger partial charge is 0.478 e. The van der Waals surface area contributed by atoms with E-state index in [1.165, 1.54) is 0 Å². The van der Waals surface area contributed by atoms with Gasteiger partial charge in [0.25, 0.3) is 0 Å². The summed E-state index contributed by atoms with van der Waals surface area (Å²) < 4.78 is 11.4. The van der Waals surface area contributed by atoms with E-state index in [4.69, 9.17) is 9.47 Å². The molecule has 1 fully saturated rings. The number of guanidine groups is 1. The molecule has 0 bridgehead atoms. The molecule has 1 aliphatic rings. The van der Waals surface area contributed by atoms with Crippen LogP contribution in [0, 0.1) is 0 Å². The summed E-state index contributed by atoms with van der Waals surface area (Å²) in [6.45, 7) is 9.69. The molecule has 0 spiro atoms. The maximum atomic E-state index is 5.81. The van der Waals surface area contributed by atoms with Crippen LogP contribution in [0.3, 0.4) is 0 Å². The van der Waals surface area contributed by atoms with Gasteiger partial charge in [-0.05, 0) is 39.7 Å². The highest BCUT2D eigenvalue weighted by Crippen LogP contribution is 2.23. The Labute approximate surface area is 138 Å². The number of nitrogens with one attached hydrogen (secondary N) is 2. The van der Waals surface area contributed by atoms with Crippen LogP contribution in [-0.4, -0.2) is 42.8 Å². The first-order valence-electron chi connectivity index (χ1n) is 8.39. The lowest BCUT2D eigenvalue weighted by atomic mass is 10.0. The fourth-order valence-electron chi connectivity index (χ4n) is 2.56. The van der Waals surface area contributed by atoms with Gasteiger partial charge in [0.05, 0.1) is 18.8 Å². The zero-order valence-electron chi connectivity index (χ0n) is 14.4. The Hall–Kier alpha value is -1.82. The molecule has 2 rings (SSSR count). The van der Waals surface area contributed by atoms with Crippen LogP contribution in [0.4, 0.5) is 0 Å². The Bertz CT molecular complexity index is 513. The second-order valence-corrected chi connectivity index (χ2v) is 5.85. The summed E-state index contributed by atoms with van der Waals surface area (Å²) in [5, 5.41) is 6.65. The van der Waals surface area contributed by atoms with Gasteiger partial charge < -0.3 is 20.1 Å². The first kappa shape index (κ1) is 17.5. The summed E-state index contributed by atoms with van der Waals surface area (Å²) >= 11 is 0. The van der Waals surface area contributed by atoms with Crippen LogP contribution in [0.5, 0.6) is 5.88 Å². The Balaban J connectivity index is 1.98. The van der Waals surface area contributed by atoms with E-state index in [0.717, 1.165) is 44.1 Å². The fraction of sp³-hybridized carbons (Fsp3) is 0.647. The van der Waals surface area contributed by atoms with Crippen LogP contribution in [0.1, 0.15) is 39.2 Å². The van der Waals surface area contributed by atoms with Crippen molar-refractivity contribution in [2.24, 2.45) is 4.99 Å². The van der Waals surface area contributed by atoms with E-state index in [-0.39, 0.29) is 5.60 Å². The third-order valence-corrected chi connectivity index (χ3v) is 3.81. The minimum atomic E-state index is -0.0963. The maximum absolute atomic E-state index is 5.81. The Kier molecular flexibility index (Phi) is 6.65. The van der Waals surface area contributed by atoms with Gasteiger partial charge in [0.15, 0.2) is 5.96 Å². The van der Waals surface area contributed by atoms with Gasteiger partial charge in [-0.3, -0.25) is 0 Å². The molecule has 6 heteroatoms. The molecule has 0 aromatic carbocycles. The zero-order chi connectivity index (χ0) is 16.5. The standard InChI is InChI=1S/C17H28N4O2/c1-4-18-16(21-13-17(3)9-7-11-23-17)20-12-14-8-6-10-19-15(14)22-5-2/h6,8,10H,4-5,7,9,11-13H2,1-3H3,(H2,18,20,21). The van der Waals surface area contributed by atoms with Crippen molar-refractivity contribution < 1.29 is 9.47 Å². The predicted octanol–water partition coefficient (Wildman–Crippen LogP) is 2.10. The summed E-state index contributed by atoms with van der Waals surface area (Å²) in [6.07, 6.45) is 3.94.